The zero-order valence-electron chi connectivity index (χ0n) is 32.0. The van der Waals surface area contributed by atoms with Crippen LogP contribution in [0.15, 0.2) is 206 Å². The summed E-state index contributed by atoms with van der Waals surface area (Å²) in [5.74, 6) is 0. The topological polar surface area (TPSA) is 7.65 Å². The maximum atomic E-state index is 2.52. The van der Waals surface area contributed by atoms with Crippen molar-refractivity contribution in [3.63, 3.8) is 0 Å². The van der Waals surface area contributed by atoms with Gasteiger partial charge in [-0.2, -0.15) is 0 Å². The third kappa shape index (κ3) is 3.82. The van der Waals surface area contributed by atoms with Gasteiger partial charge in [-0.3, -0.25) is 0 Å². The first kappa shape index (κ1) is 31.4. The van der Waals surface area contributed by atoms with E-state index in [9.17, 15) is 0 Å². The Morgan fingerprint density at radius 2 is 0.881 bits per heavy atom. The van der Waals surface area contributed by atoms with Crippen molar-refractivity contribution in [3.05, 3.63) is 229 Å². The summed E-state index contributed by atoms with van der Waals surface area (Å²) in [4.78, 5) is 2.50. The molecule has 12 aromatic rings. The van der Waals surface area contributed by atoms with E-state index in [1.165, 1.54) is 110 Å². The third-order valence-corrected chi connectivity index (χ3v) is 13.7. The first-order valence-corrected chi connectivity index (χ1v) is 20.6. The summed E-state index contributed by atoms with van der Waals surface area (Å²) in [5, 5.41) is 10.1. The van der Waals surface area contributed by atoms with Crippen LogP contribution in [0, 0.1) is 0 Å². The molecule has 0 amide bonds. The molecular weight excluding hydrogens is 713 g/mol. The number of aromatic nitrogens is 1. The van der Waals surface area contributed by atoms with Gasteiger partial charge in [-0.25, -0.2) is 0 Å². The highest BCUT2D eigenvalue weighted by atomic mass is 15.1. The van der Waals surface area contributed by atoms with Crippen LogP contribution < -0.4 is 4.90 Å². The average Bonchev–Trinajstić information content (AvgIpc) is 3.87. The predicted octanol–water partition coefficient (Wildman–Crippen LogP) is 15.0. The molecule has 0 saturated heterocycles. The van der Waals surface area contributed by atoms with Crippen LogP contribution in [0.2, 0.25) is 0 Å². The van der Waals surface area contributed by atoms with Crippen molar-refractivity contribution in [2.45, 2.75) is 5.41 Å². The fourth-order valence-corrected chi connectivity index (χ4v) is 11.5. The highest BCUT2D eigenvalue weighted by Crippen LogP contribution is 2.63. The number of rotatable bonds is 3. The lowest BCUT2D eigenvalue weighted by atomic mass is 9.70. The van der Waals surface area contributed by atoms with Crippen LogP contribution in [0.4, 0.5) is 17.1 Å². The number of hydrogen-bond donors (Lipinski definition) is 0. The monoisotopic (exact) mass is 746 g/mol. The number of para-hydroxylation sites is 3. The predicted molar refractivity (Wildman–Crippen MR) is 247 cm³/mol. The number of benzene rings is 10. The molecule has 2 aromatic heterocycles. The number of fused-ring (bicyclic) bond motifs is 16. The van der Waals surface area contributed by atoms with Crippen molar-refractivity contribution in [1.82, 2.24) is 4.40 Å². The van der Waals surface area contributed by atoms with E-state index in [-0.39, 0.29) is 5.41 Å². The van der Waals surface area contributed by atoms with E-state index in [4.69, 9.17) is 0 Å². The van der Waals surface area contributed by atoms with Gasteiger partial charge in [-0.05, 0) is 97.7 Å². The Labute approximate surface area is 340 Å². The van der Waals surface area contributed by atoms with Crippen LogP contribution >= 0.6 is 0 Å². The molecule has 2 heterocycles. The number of anilines is 3. The van der Waals surface area contributed by atoms with Crippen molar-refractivity contribution in [1.29, 1.82) is 0 Å². The Kier molecular flexibility index (Phi) is 5.99. The van der Waals surface area contributed by atoms with Crippen molar-refractivity contribution >= 4 is 76.7 Å². The van der Waals surface area contributed by atoms with Gasteiger partial charge >= 0.3 is 0 Å². The molecule has 59 heavy (non-hydrogen) atoms. The molecule has 0 fully saturated rings. The van der Waals surface area contributed by atoms with Crippen molar-refractivity contribution < 1.29 is 0 Å². The van der Waals surface area contributed by atoms with E-state index in [2.05, 4.69) is 216 Å². The molecular formula is C57H34N2. The van der Waals surface area contributed by atoms with Crippen LogP contribution in [0.5, 0.6) is 0 Å². The Morgan fingerprint density at radius 1 is 0.339 bits per heavy atom. The quantitative estimate of drug-likeness (QED) is 0.163. The molecule has 10 aromatic carbocycles. The molecule has 0 saturated carbocycles. The minimum Gasteiger partial charge on any atom is -0.310 e. The molecule has 2 aliphatic rings. The summed E-state index contributed by atoms with van der Waals surface area (Å²) in [7, 11) is 0. The zero-order valence-corrected chi connectivity index (χ0v) is 32.0. The Morgan fingerprint density at radius 3 is 1.58 bits per heavy atom. The smallest absolute Gasteiger partial charge is 0.0725 e. The van der Waals surface area contributed by atoms with Crippen LogP contribution in [0.25, 0.3) is 81.9 Å². The van der Waals surface area contributed by atoms with Gasteiger partial charge in [-0.15, -0.1) is 0 Å². The molecule has 2 aliphatic carbocycles. The molecule has 0 N–H and O–H groups in total. The summed E-state index contributed by atoms with van der Waals surface area (Å²) in [6.45, 7) is 0. The Balaban J connectivity index is 1.10. The van der Waals surface area contributed by atoms with Crippen LogP contribution in [-0.2, 0) is 5.41 Å². The van der Waals surface area contributed by atoms with Gasteiger partial charge in [-0.1, -0.05) is 164 Å². The molecule has 2 nitrogen and oxygen atoms in total. The molecule has 14 rings (SSSR count). The lowest BCUT2D eigenvalue weighted by molar-refractivity contribution is 0.794. The molecule has 0 unspecified atom stereocenters. The van der Waals surface area contributed by atoms with Gasteiger partial charge in [0.2, 0.25) is 0 Å². The van der Waals surface area contributed by atoms with Crippen LogP contribution in [0.1, 0.15) is 22.3 Å². The van der Waals surface area contributed by atoms with E-state index in [1.807, 2.05) is 0 Å². The van der Waals surface area contributed by atoms with E-state index in [0.29, 0.717) is 0 Å². The summed E-state index contributed by atoms with van der Waals surface area (Å²) in [6.07, 6.45) is 0. The lowest BCUT2D eigenvalue weighted by Crippen LogP contribution is -2.25. The molecule has 0 atom stereocenters. The minimum absolute atomic E-state index is 0.383. The van der Waals surface area contributed by atoms with Crippen LogP contribution in [0.3, 0.4) is 0 Å². The minimum atomic E-state index is -0.383. The second kappa shape index (κ2) is 11.2. The molecule has 2 heteroatoms. The summed E-state index contributed by atoms with van der Waals surface area (Å²) >= 11 is 0. The fraction of sp³-hybridized carbons (Fsp3) is 0.0175. The largest absolute Gasteiger partial charge is 0.310 e. The Hall–Kier alpha value is -7.68. The summed E-state index contributed by atoms with van der Waals surface area (Å²) in [6, 6.07) is 77.3. The summed E-state index contributed by atoms with van der Waals surface area (Å²) < 4.78 is 2.52. The van der Waals surface area contributed by atoms with Crippen molar-refractivity contribution in [2.24, 2.45) is 0 Å². The Bertz CT molecular complexity index is 3690. The lowest BCUT2D eigenvalue weighted by Gasteiger charge is -2.31. The third-order valence-electron chi connectivity index (χ3n) is 13.7. The highest BCUT2D eigenvalue weighted by Gasteiger charge is 2.51. The van der Waals surface area contributed by atoms with E-state index < -0.39 is 0 Å². The zero-order chi connectivity index (χ0) is 38.4. The molecule has 1 spiro atoms. The van der Waals surface area contributed by atoms with Crippen molar-refractivity contribution in [3.8, 4) is 22.3 Å². The normalized spacial score (nSPS) is 13.6. The van der Waals surface area contributed by atoms with E-state index >= 15 is 0 Å². The first-order valence-electron chi connectivity index (χ1n) is 20.6. The molecule has 272 valence electrons. The molecule has 0 bridgehead atoms. The van der Waals surface area contributed by atoms with Crippen molar-refractivity contribution in [2.75, 3.05) is 4.90 Å². The van der Waals surface area contributed by atoms with Gasteiger partial charge in [0.05, 0.1) is 27.7 Å². The molecule has 0 radical (unpaired) electrons. The number of nitrogens with zero attached hydrogens (tertiary/aromatic N) is 2. The van der Waals surface area contributed by atoms with Gasteiger partial charge < -0.3 is 9.30 Å². The maximum absolute atomic E-state index is 2.52. The van der Waals surface area contributed by atoms with Gasteiger partial charge in [0, 0.05) is 43.7 Å². The maximum Gasteiger partial charge on any atom is 0.0725 e. The second-order valence-corrected chi connectivity index (χ2v) is 16.3. The van der Waals surface area contributed by atoms with Gasteiger partial charge in [0.15, 0.2) is 0 Å². The number of hydrogen-bond acceptors (Lipinski definition) is 1. The first-order chi connectivity index (χ1) is 29.3. The standard InChI is InChI=1S/C57H34N2/c1-2-15-36(16-3-1)58(37-30-32-50-46(34-37)40-19-6-11-26-49(40)57(50)47-24-9-4-17-38(47)39-18-5-10-25-48(39)57)53-33-35-29-31-44-42-21-8-13-28-52(42)59-51-27-12-7-20-41(51)43-22-14-23-45(53)55(43)54(35)56(44)59/h1-34H. The highest BCUT2D eigenvalue weighted by molar-refractivity contribution is 6.34. The second-order valence-electron chi connectivity index (χ2n) is 16.3. The van der Waals surface area contributed by atoms with E-state index in [0.717, 1.165) is 11.4 Å². The van der Waals surface area contributed by atoms with Gasteiger partial charge in [0.25, 0.3) is 0 Å². The van der Waals surface area contributed by atoms with Crippen LogP contribution in [-0.4, -0.2) is 4.40 Å². The SMILES string of the molecule is c1ccc(N(c2ccc3c(c2)-c2ccccc2C32c3ccccc3-c3ccccc32)c2cc3ccc4c5ccccc5n5c6ccccc6c6cccc2c6c3c45)cc1. The van der Waals surface area contributed by atoms with E-state index in [1.54, 1.807) is 0 Å². The van der Waals surface area contributed by atoms with Gasteiger partial charge in [0.1, 0.15) is 0 Å². The fourth-order valence-electron chi connectivity index (χ4n) is 11.5. The average molecular weight is 747 g/mol. The molecule has 0 aliphatic heterocycles. The summed E-state index contributed by atoms with van der Waals surface area (Å²) in [5.41, 5.74) is 17.4.